The maximum absolute atomic E-state index is 12.7. The van der Waals surface area contributed by atoms with Crippen molar-refractivity contribution < 1.29 is 27.1 Å². The fourth-order valence-corrected chi connectivity index (χ4v) is 4.61. The van der Waals surface area contributed by atoms with Gasteiger partial charge in [0.15, 0.2) is 5.17 Å². The van der Waals surface area contributed by atoms with Crippen LogP contribution in [0.25, 0.3) is 6.08 Å². The van der Waals surface area contributed by atoms with E-state index in [-0.39, 0.29) is 21.4 Å². The third-order valence-corrected chi connectivity index (χ3v) is 6.30. The minimum Gasteiger partial charge on any atom is -0.378 e. The first-order chi connectivity index (χ1) is 14.5. The molecule has 0 aromatic heterocycles. The molecule has 0 aliphatic carbocycles. The van der Waals surface area contributed by atoms with Gasteiger partial charge in [0.2, 0.25) is 5.91 Å². The van der Waals surface area contributed by atoms with Gasteiger partial charge in [-0.05, 0) is 42.1 Å². The molecule has 0 saturated carbocycles. The lowest BCUT2D eigenvalue weighted by Gasteiger charge is -2.10. The minimum atomic E-state index is -4.40. The number of benzene rings is 2. The molecule has 1 N–H and O–H groups in total. The second kappa shape index (κ2) is 8.99. The molecule has 2 aromatic rings. The van der Waals surface area contributed by atoms with E-state index in [9.17, 15) is 28.1 Å². The van der Waals surface area contributed by atoms with Gasteiger partial charge < -0.3 is 9.50 Å². The Morgan fingerprint density at radius 2 is 2.03 bits per heavy atom. The highest BCUT2D eigenvalue weighted by atomic mass is 79.9. The number of carbonyl (C=O) groups excluding carboxylic acids is 2. The van der Waals surface area contributed by atoms with Gasteiger partial charge in [0.1, 0.15) is 10.6 Å². The van der Waals surface area contributed by atoms with Crippen LogP contribution < -0.4 is 9.50 Å². The van der Waals surface area contributed by atoms with E-state index in [2.05, 4.69) is 26.2 Å². The van der Waals surface area contributed by atoms with Crippen LogP contribution in [-0.2, 0) is 19.7 Å². The zero-order valence-corrected chi connectivity index (χ0v) is 18.8. The van der Waals surface area contributed by atoms with Crippen LogP contribution in [0.1, 0.15) is 12.5 Å². The maximum Gasteiger partial charge on any atom is 0.339 e. The molecule has 0 unspecified atom stereocenters. The largest absolute Gasteiger partial charge is 0.378 e. The van der Waals surface area contributed by atoms with Crippen molar-refractivity contribution in [3.8, 4) is 5.75 Å². The molecule has 0 spiro atoms. The molecule has 0 atom stereocenters. The summed E-state index contributed by atoms with van der Waals surface area (Å²) >= 11 is 4.18. The van der Waals surface area contributed by atoms with Crippen molar-refractivity contribution in [1.82, 2.24) is 5.32 Å². The van der Waals surface area contributed by atoms with Gasteiger partial charge in [-0.2, -0.15) is 13.4 Å². The number of rotatable bonds is 5. The van der Waals surface area contributed by atoms with Crippen LogP contribution in [0.5, 0.6) is 5.75 Å². The molecule has 0 radical (unpaired) electrons. The molecule has 1 aliphatic heterocycles. The zero-order chi connectivity index (χ0) is 22.8. The standard InChI is InChI=1S/C18H12BrN3O7S2/c1-10(23)20-18-21-17(24)16(30-18)8-11-7-12(19)5-6-15(11)29-31(27,28)14-4-2-3-13(9-14)22(25)26/h2-9H,1H3,(H,20,21,23,24)/b16-8-. The van der Waals surface area contributed by atoms with Crippen molar-refractivity contribution in [3.63, 3.8) is 0 Å². The quantitative estimate of drug-likeness (QED) is 0.271. The van der Waals surface area contributed by atoms with E-state index in [4.69, 9.17) is 4.18 Å². The van der Waals surface area contributed by atoms with E-state index >= 15 is 0 Å². The first kappa shape index (κ1) is 22.7. The molecule has 31 heavy (non-hydrogen) atoms. The first-order valence-electron chi connectivity index (χ1n) is 8.34. The number of nitro groups is 1. The molecule has 3 rings (SSSR count). The fraction of sp³-hybridized carbons (Fsp3) is 0.0556. The molecule has 0 bridgehead atoms. The number of nitrogens with zero attached hydrogens (tertiary/aromatic N) is 2. The SMILES string of the molecule is CC(=O)NC1=NC(=O)/C(=C/c2cc(Br)ccc2OS(=O)(=O)c2cccc([N+](=O)[O-])c2)S1. The number of carbonyl (C=O) groups is 2. The normalized spacial score (nSPS) is 15.0. The summed E-state index contributed by atoms with van der Waals surface area (Å²) in [7, 11) is -4.40. The average Bonchev–Trinajstić information content (AvgIpc) is 3.02. The lowest BCUT2D eigenvalue weighted by atomic mass is 10.2. The van der Waals surface area contributed by atoms with Crippen LogP contribution in [0, 0.1) is 10.1 Å². The molecule has 2 amide bonds. The van der Waals surface area contributed by atoms with Crippen molar-refractivity contribution in [2.45, 2.75) is 11.8 Å². The van der Waals surface area contributed by atoms with E-state index in [1.54, 1.807) is 0 Å². The summed E-state index contributed by atoms with van der Waals surface area (Å²) in [5.41, 5.74) is -0.170. The molecule has 0 saturated heterocycles. The molecule has 13 heteroatoms. The Morgan fingerprint density at radius 1 is 1.29 bits per heavy atom. The summed E-state index contributed by atoms with van der Waals surface area (Å²) in [4.78, 5) is 36.9. The number of hydrogen-bond donors (Lipinski definition) is 1. The van der Waals surface area contributed by atoms with Gasteiger partial charge in [0, 0.05) is 29.1 Å². The molecule has 10 nitrogen and oxygen atoms in total. The van der Waals surface area contributed by atoms with E-state index in [1.165, 1.54) is 43.3 Å². The van der Waals surface area contributed by atoms with E-state index in [0.29, 0.717) is 4.47 Å². The summed E-state index contributed by atoms with van der Waals surface area (Å²) < 4.78 is 31.1. The number of aliphatic imine (C=N–C) groups is 1. The van der Waals surface area contributed by atoms with Gasteiger partial charge in [-0.25, -0.2) is 0 Å². The second-order valence-electron chi connectivity index (χ2n) is 5.99. The van der Waals surface area contributed by atoms with Crippen LogP contribution in [-0.4, -0.2) is 30.3 Å². The predicted molar refractivity (Wildman–Crippen MR) is 117 cm³/mol. The number of hydrogen-bond acceptors (Lipinski definition) is 8. The van der Waals surface area contributed by atoms with E-state index in [1.807, 2.05) is 0 Å². The Kier molecular flexibility index (Phi) is 6.57. The Morgan fingerprint density at radius 3 is 2.71 bits per heavy atom. The molecule has 160 valence electrons. The Balaban J connectivity index is 1.94. The van der Waals surface area contributed by atoms with Gasteiger partial charge >= 0.3 is 10.1 Å². The maximum atomic E-state index is 12.7. The number of thioether (sulfide) groups is 1. The molecular formula is C18H12BrN3O7S2. The lowest BCUT2D eigenvalue weighted by molar-refractivity contribution is -0.385. The van der Waals surface area contributed by atoms with Gasteiger partial charge in [-0.3, -0.25) is 19.7 Å². The Hall–Kier alpha value is -3.03. The molecule has 0 fully saturated rings. The third-order valence-electron chi connectivity index (χ3n) is 3.68. The molecule has 2 aromatic carbocycles. The van der Waals surface area contributed by atoms with Crippen LogP contribution in [0.4, 0.5) is 5.69 Å². The van der Waals surface area contributed by atoms with Gasteiger partial charge in [-0.1, -0.05) is 22.0 Å². The number of amides is 2. The van der Waals surface area contributed by atoms with Crippen molar-refractivity contribution in [2.75, 3.05) is 0 Å². The molecule has 1 aliphatic rings. The number of nitrogens with one attached hydrogen (secondary N) is 1. The lowest BCUT2D eigenvalue weighted by Crippen LogP contribution is -2.23. The first-order valence-corrected chi connectivity index (χ1v) is 11.4. The topological polar surface area (TPSA) is 145 Å². The summed E-state index contributed by atoms with van der Waals surface area (Å²) in [6.45, 7) is 1.27. The predicted octanol–water partition coefficient (Wildman–Crippen LogP) is 3.23. The average molecular weight is 526 g/mol. The van der Waals surface area contributed by atoms with Crippen molar-refractivity contribution in [2.24, 2.45) is 4.99 Å². The zero-order valence-electron chi connectivity index (χ0n) is 15.6. The van der Waals surface area contributed by atoms with Crippen molar-refractivity contribution in [1.29, 1.82) is 0 Å². The summed E-state index contributed by atoms with van der Waals surface area (Å²) in [6.07, 6.45) is 1.37. The third kappa shape index (κ3) is 5.57. The number of non-ortho nitro benzene ring substituents is 1. The van der Waals surface area contributed by atoms with E-state index < -0.39 is 37.4 Å². The van der Waals surface area contributed by atoms with Gasteiger partial charge in [0.05, 0.1) is 9.83 Å². The number of halogens is 1. The van der Waals surface area contributed by atoms with Crippen LogP contribution in [0.2, 0.25) is 0 Å². The minimum absolute atomic E-state index is 0.102. The highest BCUT2D eigenvalue weighted by Crippen LogP contribution is 2.33. The van der Waals surface area contributed by atoms with Crippen molar-refractivity contribution in [3.05, 3.63) is 67.5 Å². The summed E-state index contributed by atoms with van der Waals surface area (Å²) in [5.74, 6) is -1.11. The number of nitro benzene ring substituents is 1. The fourth-order valence-electron chi connectivity index (χ4n) is 2.38. The highest BCUT2D eigenvalue weighted by Gasteiger charge is 2.25. The van der Waals surface area contributed by atoms with Gasteiger partial charge in [0.25, 0.3) is 11.6 Å². The monoisotopic (exact) mass is 525 g/mol. The highest BCUT2D eigenvalue weighted by molar-refractivity contribution is 9.10. The van der Waals surface area contributed by atoms with Crippen LogP contribution in [0.3, 0.4) is 0 Å². The Labute approximate surface area is 188 Å². The molecular weight excluding hydrogens is 514 g/mol. The summed E-state index contributed by atoms with van der Waals surface area (Å²) in [6, 6.07) is 8.86. The molecule has 1 heterocycles. The second-order valence-corrected chi connectivity index (χ2v) is 9.48. The van der Waals surface area contributed by atoms with Crippen LogP contribution >= 0.6 is 27.7 Å². The van der Waals surface area contributed by atoms with E-state index in [0.717, 1.165) is 23.9 Å². The smallest absolute Gasteiger partial charge is 0.339 e. The summed E-state index contributed by atoms with van der Waals surface area (Å²) in [5, 5.41) is 13.4. The van der Waals surface area contributed by atoms with Crippen LogP contribution in [0.15, 0.2) is 61.7 Å². The number of amidine groups is 1. The van der Waals surface area contributed by atoms with Crippen molar-refractivity contribution >= 4 is 66.6 Å². The van der Waals surface area contributed by atoms with Gasteiger partial charge in [-0.15, -0.1) is 0 Å². The Bertz CT molecular complexity index is 1270.